The summed E-state index contributed by atoms with van der Waals surface area (Å²) in [5.41, 5.74) is 0. The third-order valence-corrected chi connectivity index (χ3v) is 2.11. The second kappa shape index (κ2) is 9.01. The topological polar surface area (TPSA) is 23.5 Å². The van der Waals surface area contributed by atoms with E-state index in [0.717, 1.165) is 6.54 Å². The minimum atomic E-state index is 0.319. The van der Waals surface area contributed by atoms with Gasteiger partial charge in [0.15, 0.2) is 0 Å². The Hall–Kier alpha value is -0.0800. The van der Waals surface area contributed by atoms with Gasteiger partial charge in [0, 0.05) is 6.54 Å². The minimum Gasteiger partial charge on any atom is -0.395 e. The molecular formula is C10H23NO. The zero-order chi connectivity index (χ0) is 9.23. The molecule has 0 spiro atoms. The molecule has 1 N–H and O–H groups in total. The quantitative estimate of drug-likeness (QED) is 0.689. The van der Waals surface area contributed by atoms with Gasteiger partial charge in [0.1, 0.15) is 0 Å². The Bertz CT molecular complexity index is 77.9. The van der Waals surface area contributed by atoms with Crippen molar-refractivity contribution in [1.29, 1.82) is 0 Å². The van der Waals surface area contributed by atoms with E-state index >= 15 is 0 Å². The normalized spacial score (nSPS) is 19.2. The highest BCUT2D eigenvalue weighted by Gasteiger charge is 2.06. The Kier molecular flexibility index (Phi) is 8.95. The lowest BCUT2D eigenvalue weighted by Gasteiger charge is -2.17. The van der Waals surface area contributed by atoms with Gasteiger partial charge in [-0.3, -0.25) is 0 Å². The number of nitrogens with zero attached hydrogens (tertiary/aromatic N) is 1. The van der Waals surface area contributed by atoms with Gasteiger partial charge in [-0.1, -0.05) is 26.7 Å². The van der Waals surface area contributed by atoms with Crippen LogP contribution in [0.1, 0.15) is 39.5 Å². The maximum absolute atomic E-state index is 8.67. The number of aliphatic hydroxyl groups is 1. The third kappa shape index (κ3) is 5.56. The van der Waals surface area contributed by atoms with Crippen LogP contribution in [0.15, 0.2) is 0 Å². The minimum absolute atomic E-state index is 0.319. The summed E-state index contributed by atoms with van der Waals surface area (Å²) in [7, 11) is 0. The van der Waals surface area contributed by atoms with Crippen molar-refractivity contribution in [3.8, 4) is 0 Å². The molecule has 0 unspecified atom stereocenters. The van der Waals surface area contributed by atoms with Crippen LogP contribution < -0.4 is 0 Å². The van der Waals surface area contributed by atoms with Gasteiger partial charge in [0.05, 0.1) is 6.61 Å². The van der Waals surface area contributed by atoms with Crippen LogP contribution in [0.5, 0.6) is 0 Å². The van der Waals surface area contributed by atoms with Gasteiger partial charge in [-0.25, -0.2) is 0 Å². The second-order valence-corrected chi connectivity index (χ2v) is 2.98. The van der Waals surface area contributed by atoms with Crippen LogP contribution in [0.25, 0.3) is 0 Å². The summed E-state index contributed by atoms with van der Waals surface area (Å²) in [5.74, 6) is 0. The van der Waals surface area contributed by atoms with Crippen molar-refractivity contribution >= 4 is 0 Å². The molecule has 1 fully saturated rings. The van der Waals surface area contributed by atoms with Gasteiger partial charge in [-0.15, -0.1) is 0 Å². The largest absolute Gasteiger partial charge is 0.395 e. The SMILES string of the molecule is CC.OCCN1CCCCCC1. The van der Waals surface area contributed by atoms with Crippen molar-refractivity contribution in [1.82, 2.24) is 4.90 Å². The van der Waals surface area contributed by atoms with Crippen molar-refractivity contribution in [2.24, 2.45) is 0 Å². The fourth-order valence-corrected chi connectivity index (χ4v) is 1.50. The number of aliphatic hydroxyl groups excluding tert-OH is 1. The highest BCUT2D eigenvalue weighted by atomic mass is 16.3. The molecule has 0 aromatic carbocycles. The van der Waals surface area contributed by atoms with Gasteiger partial charge in [0.2, 0.25) is 0 Å². The van der Waals surface area contributed by atoms with Gasteiger partial charge >= 0.3 is 0 Å². The first-order valence-electron chi connectivity index (χ1n) is 5.26. The lowest BCUT2D eigenvalue weighted by molar-refractivity contribution is 0.200. The lowest BCUT2D eigenvalue weighted by Crippen LogP contribution is -2.27. The summed E-state index contributed by atoms with van der Waals surface area (Å²) in [4.78, 5) is 2.35. The zero-order valence-corrected chi connectivity index (χ0v) is 8.55. The summed E-state index contributed by atoms with van der Waals surface area (Å²) in [6.45, 7) is 7.58. The molecule has 74 valence electrons. The van der Waals surface area contributed by atoms with Crippen LogP contribution in [0.4, 0.5) is 0 Å². The molecule has 1 aliphatic rings. The first-order valence-corrected chi connectivity index (χ1v) is 5.26. The van der Waals surface area contributed by atoms with Crippen LogP contribution in [-0.4, -0.2) is 36.2 Å². The van der Waals surface area contributed by atoms with Crippen LogP contribution in [0, 0.1) is 0 Å². The standard InChI is InChI=1S/C8H17NO.C2H6/c10-8-7-9-5-3-1-2-4-6-9;1-2/h10H,1-8H2;1-2H3. The first-order chi connectivity index (χ1) is 5.93. The summed E-state index contributed by atoms with van der Waals surface area (Å²) in [6.07, 6.45) is 5.39. The fraction of sp³-hybridized carbons (Fsp3) is 1.00. The number of rotatable bonds is 2. The Labute approximate surface area is 76.6 Å². The van der Waals surface area contributed by atoms with Crippen molar-refractivity contribution < 1.29 is 5.11 Å². The number of β-amino-alcohol motifs (C(OH)–C–C–N with tert-alkyl or cyclic N) is 1. The molecule has 1 rings (SSSR count). The predicted molar refractivity (Wildman–Crippen MR) is 53.3 cm³/mol. The molecule has 0 aromatic rings. The number of hydrogen-bond acceptors (Lipinski definition) is 2. The van der Waals surface area contributed by atoms with E-state index in [1.165, 1.54) is 38.8 Å². The first kappa shape index (κ1) is 11.9. The maximum Gasteiger partial charge on any atom is 0.0558 e. The molecule has 0 aliphatic carbocycles. The predicted octanol–water partition coefficient (Wildman–Crippen LogP) is 1.88. The van der Waals surface area contributed by atoms with E-state index in [-0.39, 0.29) is 0 Å². The molecule has 2 heteroatoms. The van der Waals surface area contributed by atoms with Gasteiger partial charge in [-0.2, -0.15) is 0 Å². The van der Waals surface area contributed by atoms with Crippen LogP contribution >= 0.6 is 0 Å². The van der Waals surface area contributed by atoms with E-state index in [9.17, 15) is 0 Å². The Morgan fingerprint density at radius 3 is 1.92 bits per heavy atom. The molecular weight excluding hydrogens is 150 g/mol. The molecule has 12 heavy (non-hydrogen) atoms. The van der Waals surface area contributed by atoms with E-state index in [1.54, 1.807) is 0 Å². The number of likely N-dealkylation sites (tertiary alicyclic amines) is 1. The average Bonchev–Trinajstić information content (AvgIpc) is 2.37. The molecule has 0 saturated carbocycles. The van der Waals surface area contributed by atoms with Crippen LogP contribution in [0.2, 0.25) is 0 Å². The lowest BCUT2D eigenvalue weighted by atomic mass is 10.2. The van der Waals surface area contributed by atoms with Crippen molar-refractivity contribution in [3.63, 3.8) is 0 Å². The number of hydrogen-bond donors (Lipinski definition) is 1. The average molecular weight is 173 g/mol. The molecule has 2 nitrogen and oxygen atoms in total. The van der Waals surface area contributed by atoms with Crippen molar-refractivity contribution in [3.05, 3.63) is 0 Å². The molecule has 0 aromatic heterocycles. The Morgan fingerprint density at radius 1 is 1.00 bits per heavy atom. The van der Waals surface area contributed by atoms with Gasteiger partial charge in [-0.05, 0) is 25.9 Å². The molecule has 1 saturated heterocycles. The summed E-state index contributed by atoms with van der Waals surface area (Å²) < 4.78 is 0. The van der Waals surface area contributed by atoms with E-state index in [1.807, 2.05) is 13.8 Å². The highest BCUT2D eigenvalue weighted by molar-refractivity contribution is 4.61. The second-order valence-electron chi connectivity index (χ2n) is 2.98. The van der Waals surface area contributed by atoms with E-state index in [0.29, 0.717) is 6.61 Å². The molecule has 0 atom stereocenters. The van der Waals surface area contributed by atoms with E-state index in [4.69, 9.17) is 5.11 Å². The van der Waals surface area contributed by atoms with Gasteiger partial charge in [0.25, 0.3) is 0 Å². The zero-order valence-electron chi connectivity index (χ0n) is 8.55. The van der Waals surface area contributed by atoms with E-state index < -0.39 is 0 Å². The van der Waals surface area contributed by atoms with Crippen LogP contribution in [-0.2, 0) is 0 Å². The molecule has 0 bridgehead atoms. The highest BCUT2D eigenvalue weighted by Crippen LogP contribution is 2.08. The smallest absolute Gasteiger partial charge is 0.0558 e. The van der Waals surface area contributed by atoms with Crippen molar-refractivity contribution in [2.75, 3.05) is 26.2 Å². The van der Waals surface area contributed by atoms with Gasteiger partial charge < -0.3 is 10.0 Å². The van der Waals surface area contributed by atoms with E-state index in [2.05, 4.69) is 4.90 Å². The van der Waals surface area contributed by atoms with Crippen LogP contribution in [0.3, 0.4) is 0 Å². The summed E-state index contributed by atoms with van der Waals surface area (Å²) >= 11 is 0. The molecule has 1 heterocycles. The summed E-state index contributed by atoms with van der Waals surface area (Å²) in [6, 6.07) is 0. The third-order valence-electron chi connectivity index (χ3n) is 2.11. The maximum atomic E-state index is 8.67. The molecule has 0 amide bonds. The van der Waals surface area contributed by atoms with Crippen molar-refractivity contribution in [2.45, 2.75) is 39.5 Å². The Balaban J connectivity index is 0.000000561. The monoisotopic (exact) mass is 173 g/mol. The Morgan fingerprint density at radius 2 is 1.50 bits per heavy atom. The molecule has 0 radical (unpaired) electrons. The fourth-order valence-electron chi connectivity index (χ4n) is 1.50. The molecule has 1 aliphatic heterocycles. The summed E-state index contributed by atoms with van der Waals surface area (Å²) in [5, 5.41) is 8.67.